The van der Waals surface area contributed by atoms with Gasteiger partial charge in [-0.25, -0.2) is 0 Å². The van der Waals surface area contributed by atoms with Gasteiger partial charge >= 0.3 is 0 Å². The first-order valence-electron chi connectivity index (χ1n) is 7.05. The van der Waals surface area contributed by atoms with E-state index in [2.05, 4.69) is 16.7 Å². The molecule has 1 aromatic rings. The molecule has 19 heavy (non-hydrogen) atoms. The summed E-state index contributed by atoms with van der Waals surface area (Å²) in [4.78, 5) is 12.2. The number of piperidine rings is 1. The summed E-state index contributed by atoms with van der Waals surface area (Å²) in [6.45, 7) is 2.47. The van der Waals surface area contributed by atoms with Gasteiger partial charge in [-0.1, -0.05) is 18.2 Å². The molecule has 0 saturated carbocycles. The molecule has 1 unspecified atom stereocenters. The Morgan fingerprint density at radius 2 is 2.05 bits per heavy atom. The highest BCUT2D eigenvalue weighted by Gasteiger charge is 2.26. The third kappa shape index (κ3) is 2.89. The number of rotatable bonds is 2. The number of nitrogens with one attached hydrogen (secondary N) is 2. The lowest BCUT2D eigenvalue weighted by atomic mass is 9.96. The number of benzene rings is 1. The molecule has 4 heteroatoms. The van der Waals surface area contributed by atoms with Gasteiger partial charge in [0.1, 0.15) is 12.4 Å². The number of amides is 1. The maximum Gasteiger partial charge on any atom is 0.223 e. The van der Waals surface area contributed by atoms with Crippen LogP contribution in [0, 0.1) is 5.92 Å². The molecule has 102 valence electrons. The Balaban J connectivity index is 1.58. The van der Waals surface area contributed by atoms with Gasteiger partial charge in [0.25, 0.3) is 0 Å². The van der Waals surface area contributed by atoms with Crippen LogP contribution in [0.25, 0.3) is 0 Å². The molecule has 1 amide bonds. The number of fused-ring (bicyclic) bond motifs is 1. The van der Waals surface area contributed by atoms with E-state index in [0.29, 0.717) is 6.61 Å². The molecule has 3 rings (SSSR count). The van der Waals surface area contributed by atoms with Crippen molar-refractivity contribution in [3.8, 4) is 5.75 Å². The molecule has 0 aromatic heterocycles. The number of para-hydroxylation sites is 1. The highest BCUT2D eigenvalue weighted by molar-refractivity contribution is 5.79. The molecule has 1 atom stereocenters. The number of carbonyl (C=O) groups is 1. The molecule has 2 N–H and O–H groups in total. The standard InChI is InChI=1S/C15H20N2O2/c18-15(11-5-7-16-8-6-11)17-13-9-12-3-1-2-4-14(12)19-10-13/h1-4,11,13,16H,5-10H2,(H,17,18). The van der Waals surface area contributed by atoms with Crippen molar-refractivity contribution < 1.29 is 9.53 Å². The fourth-order valence-corrected chi connectivity index (χ4v) is 2.82. The summed E-state index contributed by atoms with van der Waals surface area (Å²) in [7, 11) is 0. The van der Waals surface area contributed by atoms with Crippen LogP contribution in [0.15, 0.2) is 24.3 Å². The summed E-state index contributed by atoms with van der Waals surface area (Å²) in [5, 5.41) is 6.42. The van der Waals surface area contributed by atoms with Gasteiger partial charge in [0.15, 0.2) is 0 Å². The summed E-state index contributed by atoms with van der Waals surface area (Å²) in [5.74, 6) is 1.31. The van der Waals surface area contributed by atoms with Gasteiger partial charge in [0.05, 0.1) is 6.04 Å². The Hall–Kier alpha value is -1.55. The average molecular weight is 260 g/mol. The maximum atomic E-state index is 12.2. The Morgan fingerprint density at radius 3 is 2.89 bits per heavy atom. The number of ether oxygens (including phenoxy) is 1. The zero-order valence-electron chi connectivity index (χ0n) is 11.0. The van der Waals surface area contributed by atoms with Crippen molar-refractivity contribution in [3.63, 3.8) is 0 Å². The van der Waals surface area contributed by atoms with Crippen LogP contribution in [0.2, 0.25) is 0 Å². The van der Waals surface area contributed by atoms with Crippen molar-refractivity contribution in [2.45, 2.75) is 25.3 Å². The van der Waals surface area contributed by atoms with Crippen molar-refractivity contribution in [2.75, 3.05) is 19.7 Å². The minimum atomic E-state index is 0.109. The molecule has 2 aliphatic heterocycles. The summed E-state index contributed by atoms with van der Waals surface area (Å²) < 4.78 is 5.70. The lowest BCUT2D eigenvalue weighted by Gasteiger charge is -2.29. The highest BCUT2D eigenvalue weighted by Crippen LogP contribution is 2.24. The van der Waals surface area contributed by atoms with Crippen molar-refractivity contribution in [1.29, 1.82) is 0 Å². The summed E-state index contributed by atoms with van der Waals surface area (Å²) in [6, 6.07) is 8.15. The zero-order valence-corrected chi connectivity index (χ0v) is 11.0. The third-order valence-electron chi connectivity index (χ3n) is 3.94. The van der Waals surface area contributed by atoms with E-state index < -0.39 is 0 Å². The smallest absolute Gasteiger partial charge is 0.223 e. The molecular formula is C15H20N2O2. The molecule has 0 spiro atoms. The van der Waals surface area contributed by atoms with E-state index in [1.54, 1.807) is 0 Å². The molecule has 4 nitrogen and oxygen atoms in total. The Morgan fingerprint density at radius 1 is 1.26 bits per heavy atom. The van der Waals surface area contributed by atoms with E-state index in [9.17, 15) is 4.79 Å². The van der Waals surface area contributed by atoms with Crippen LogP contribution in [0.1, 0.15) is 18.4 Å². The largest absolute Gasteiger partial charge is 0.491 e. The Bertz CT molecular complexity index is 455. The molecular weight excluding hydrogens is 240 g/mol. The normalized spacial score (nSPS) is 23.3. The Kier molecular flexibility index (Phi) is 3.69. The van der Waals surface area contributed by atoms with Crippen molar-refractivity contribution in [3.05, 3.63) is 29.8 Å². The molecule has 1 saturated heterocycles. The third-order valence-corrected chi connectivity index (χ3v) is 3.94. The van der Waals surface area contributed by atoms with Gasteiger partial charge < -0.3 is 15.4 Å². The first kappa shape index (κ1) is 12.5. The highest BCUT2D eigenvalue weighted by atomic mass is 16.5. The molecule has 0 aliphatic carbocycles. The van der Waals surface area contributed by atoms with Crippen LogP contribution in [0.3, 0.4) is 0 Å². The van der Waals surface area contributed by atoms with Gasteiger partial charge in [-0.15, -0.1) is 0 Å². The molecule has 2 aliphatic rings. The van der Waals surface area contributed by atoms with Crippen LogP contribution in [-0.4, -0.2) is 31.6 Å². The van der Waals surface area contributed by atoms with Gasteiger partial charge in [-0.05, 0) is 44.0 Å². The molecule has 1 fully saturated rings. The van der Waals surface area contributed by atoms with Crippen molar-refractivity contribution in [1.82, 2.24) is 10.6 Å². The van der Waals surface area contributed by atoms with Crippen LogP contribution in [0.4, 0.5) is 0 Å². The second-order valence-electron chi connectivity index (χ2n) is 5.35. The molecule has 0 radical (unpaired) electrons. The van der Waals surface area contributed by atoms with E-state index in [-0.39, 0.29) is 17.9 Å². The fraction of sp³-hybridized carbons (Fsp3) is 0.533. The predicted octanol–water partition coefficient (Wildman–Crippen LogP) is 1.11. The molecule has 2 heterocycles. The second kappa shape index (κ2) is 5.61. The summed E-state index contributed by atoms with van der Waals surface area (Å²) >= 11 is 0. The van der Waals surface area contributed by atoms with Crippen molar-refractivity contribution >= 4 is 5.91 Å². The lowest BCUT2D eigenvalue weighted by molar-refractivity contribution is -0.126. The van der Waals surface area contributed by atoms with E-state index in [4.69, 9.17) is 4.74 Å². The molecule has 1 aromatic carbocycles. The monoisotopic (exact) mass is 260 g/mol. The van der Waals surface area contributed by atoms with Gasteiger partial charge in [0.2, 0.25) is 5.91 Å². The minimum absolute atomic E-state index is 0.109. The van der Waals surface area contributed by atoms with Crippen molar-refractivity contribution in [2.24, 2.45) is 5.92 Å². The fourth-order valence-electron chi connectivity index (χ4n) is 2.82. The topological polar surface area (TPSA) is 50.4 Å². The summed E-state index contributed by atoms with van der Waals surface area (Å²) in [6.07, 6.45) is 2.75. The van der Waals surface area contributed by atoms with Gasteiger partial charge in [-0.3, -0.25) is 4.79 Å². The minimum Gasteiger partial charge on any atom is -0.491 e. The zero-order chi connectivity index (χ0) is 13.1. The van der Waals surface area contributed by atoms with Gasteiger partial charge in [-0.2, -0.15) is 0 Å². The van der Waals surface area contributed by atoms with Crippen LogP contribution >= 0.6 is 0 Å². The van der Waals surface area contributed by atoms with E-state index in [1.807, 2.05) is 18.2 Å². The van der Waals surface area contributed by atoms with Crippen LogP contribution in [-0.2, 0) is 11.2 Å². The first-order valence-corrected chi connectivity index (χ1v) is 7.05. The maximum absolute atomic E-state index is 12.2. The van der Waals surface area contributed by atoms with E-state index in [0.717, 1.165) is 38.1 Å². The predicted molar refractivity (Wildman–Crippen MR) is 73.2 cm³/mol. The lowest BCUT2D eigenvalue weighted by Crippen LogP contribution is -2.47. The average Bonchev–Trinajstić information content (AvgIpc) is 2.48. The number of hydrogen-bond donors (Lipinski definition) is 2. The van der Waals surface area contributed by atoms with Crippen LogP contribution < -0.4 is 15.4 Å². The van der Waals surface area contributed by atoms with E-state index in [1.165, 1.54) is 5.56 Å². The molecule has 0 bridgehead atoms. The number of carbonyl (C=O) groups excluding carboxylic acids is 1. The SMILES string of the molecule is O=C(NC1COc2ccccc2C1)C1CCNCC1. The summed E-state index contributed by atoms with van der Waals surface area (Å²) in [5.41, 5.74) is 1.18. The quantitative estimate of drug-likeness (QED) is 0.837. The Labute approximate surface area is 113 Å². The van der Waals surface area contributed by atoms with Crippen LogP contribution in [0.5, 0.6) is 5.75 Å². The second-order valence-corrected chi connectivity index (χ2v) is 5.35. The van der Waals surface area contributed by atoms with Gasteiger partial charge in [0, 0.05) is 5.92 Å². The first-order chi connectivity index (χ1) is 9.33. The van der Waals surface area contributed by atoms with E-state index >= 15 is 0 Å². The number of hydrogen-bond acceptors (Lipinski definition) is 3.